The van der Waals surface area contributed by atoms with Crippen LogP contribution in [0.2, 0.25) is 0 Å². The zero-order valence-electron chi connectivity index (χ0n) is 15.8. The van der Waals surface area contributed by atoms with Gasteiger partial charge in [0, 0.05) is 13.1 Å². The maximum atomic E-state index is 12.8. The van der Waals surface area contributed by atoms with Gasteiger partial charge >= 0.3 is 5.97 Å². The van der Waals surface area contributed by atoms with Gasteiger partial charge in [-0.3, -0.25) is 4.79 Å². The lowest BCUT2D eigenvalue weighted by Crippen LogP contribution is -2.43. The summed E-state index contributed by atoms with van der Waals surface area (Å²) >= 11 is 0. The van der Waals surface area contributed by atoms with Gasteiger partial charge in [0.25, 0.3) is 0 Å². The molecule has 0 heterocycles. The Morgan fingerprint density at radius 3 is 2.54 bits per heavy atom. The Bertz CT molecular complexity index is 769. The minimum Gasteiger partial charge on any atom is -0.497 e. The molecule has 1 aliphatic carbocycles. The number of fused-ring (bicyclic) bond motifs is 1. The van der Waals surface area contributed by atoms with Crippen molar-refractivity contribution in [1.29, 1.82) is 0 Å². The highest BCUT2D eigenvalue weighted by Crippen LogP contribution is 2.39. The smallest absolute Gasteiger partial charge is 0.314 e. The molecule has 0 radical (unpaired) electrons. The van der Waals surface area contributed by atoms with Gasteiger partial charge in [-0.25, -0.2) is 0 Å². The van der Waals surface area contributed by atoms with Crippen LogP contribution < -0.4 is 10.1 Å². The summed E-state index contributed by atoms with van der Waals surface area (Å²) in [6.45, 7) is 5.67. The number of carbonyl (C=O) groups excluding carboxylic acids is 1. The minimum absolute atomic E-state index is 0.119. The summed E-state index contributed by atoms with van der Waals surface area (Å²) in [5, 5.41) is 3.47. The molecule has 0 saturated heterocycles. The van der Waals surface area contributed by atoms with Gasteiger partial charge in [-0.1, -0.05) is 35.9 Å². The summed E-state index contributed by atoms with van der Waals surface area (Å²) in [5.41, 5.74) is 4.30. The maximum Gasteiger partial charge on any atom is 0.314 e. The Morgan fingerprint density at radius 1 is 1.12 bits per heavy atom. The molecule has 0 aliphatic heterocycles. The molecule has 0 spiro atoms. The molecule has 3 rings (SSSR count). The van der Waals surface area contributed by atoms with Gasteiger partial charge < -0.3 is 14.8 Å². The highest BCUT2D eigenvalue weighted by atomic mass is 16.5. The second-order valence-electron chi connectivity index (χ2n) is 7.08. The number of nitrogens with one attached hydrogen (secondary N) is 1. The summed E-state index contributed by atoms with van der Waals surface area (Å²) in [5.74, 6) is 0.711. The van der Waals surface area contributed by atoms with E-state index in [0.29, 0.717) is 26.0 Å². The minimum atomic E-state index is -0.546. The van der Waals surface area contributed by atoms with Crippen molar-refractivity contribution in [3.8, 4) is 5.75 Å². The van der Waals surface area contributed by atoms with Crippen LogP contribution in [0.1, 0.15) is 29.2 Å². The Hall–Kier alpha value is -2.33. The fraction of sp³-hybridized carbons (Fsp3) is 0.409. The van der Waals surface area contributed by atoms with Crippen LogP contribution in [0, 0.1) is 12.3 Å². The lowest BCUT2D eigenvalue weighted by molar-refractivity contribution is -0.154. The first-order chi connectivity index (χ1) is 12.6. The molecule has 1 atom stereocenters. The van der Waals surface area contributed by atoms with E-state index in [2.05, 4.69) is 42.6 Å². The Labute approximate surface area is 155 Å². The van der Waals surface area contributed by atoms with Crippen LogP contribution in [0.3, 0.4) is 0 Å². The Morgan fingerprint density at radius 2 is 1.85 bits per heavy atom. The van der Waals surface area contributed by atoms with Crippen LogP contribution in [0.25, 0.3) is 0 Å². The second kappa shape index (κ2) is 7.92. The van der Waals surface area contributed by atoms with E-state index in [0.717, 1.165) is 12.3 Å². The van der Waals surface area contributed by atoms with E-state index in [1.165, 1.54) is 22.3 Å². The summed E-state index contributed by atoms with van der Waals surface area (Å²) in [6.07, 6.45) is 1.38. The molecule has 0 fully saturated rings. The van der Waals surface area contributed by atoms with Gasteiger partial charge in [0.2, 0.25) is 0 Å². The topological polar surface area (TPSA) is 47.6 Å². The quantitative estimate of drug-likeness (QED) is 0.775. The third kappa shape index (κ3) is 3.91. The monoisotopic (exact) mass is 353 g/mol. The van der Waals surface area contributed by atoms with E-state index in [-0.39, 0.29) is 5.97 Å². The van der Waals surface area contributed by atoms with E-state index in [9.17, 15) is 4.79 Å². The zero-order valence-corrected chi connectivity index (χ0v) is 15.8. The molecule has 4 heteroatoms. The third-order valence-electron chi connectivity index (χ3n) is 5.09. The molecular formula is C22H27NO3. The van der Waals surface area contributed by atoms with Crippen molar-refractivity contribution < 1.29 is 14.3 Å². The number of ether oxygens (including phenoxy) is 2. The van der Waals surface area contributed by atoms with Crippen molar-refractivity contribution in [2.45, 2.75) is 33.2 Å². The normalized spacial score (nSPS) is 18.4. The van der Waals surface area contributed by atoms with Crippen LogP contribution >= 0.6 is 0 Å². The summed E-state index contributed by atoms with van der Waals surface area (Å²) in [4.78, 5) is 12.8. The van der Waals surface area contributed by atoms with Crippen molar-refractivity contribution in [1.82, 2.24) is 5.32 Å². The van der Waals surface area contributed by atoms with Crippen molar-refractivity contribution in [3.63, 3.8) is 0 Å². The standard InChI is InChI=1S/C22H27NO3/c1-4-26-21(24)22(15-23-14-17-7-5-16(2)6-8-17)12-18-9-10-20(25-3)11-19(18)13-22/h5-11,23H,4,12-15H2,1-3H3. The highest BCUT2D eigenvalue weighted by Gasteiger charge is 2.45. The Balaban J connectivity index is 1.73. The average Bonchev–Trinajstić information content (AvgIpc) is 3.02. The van der Waals surface area contributed by atoms with E-state index < -0.39 is 5.41 Å². The van der Waals surface area contributed by atoms with Crippen LogP contribution in [0.5, 0.6) is 5.75 Å². The first kappa shape index (κ1) is 18.5. The molecule has 1 aliphatic rings. The third-order valence-corrected chi connectivity index (χ3v) is 5.09. The first-order valence-corrected chi connectivity index (χ1v) is 9.15. The number of carbonyl (C=O) groups is 1. The van der Waals surface area contributed by atoms with Gasteiger partial charge in [-0.15, -0.1) is 0 Å². The van der Waals surface area contributed by atoms with Crippen molar-refractivity contribution in [2.75, 3.05) is 20.3 Å². The molecule has 0 aromatic heterocycles. The molecule has 26 heavy (non-hydrogen) atoms. The molecule has 2 aromatic rings. The predicted octanol–water partition coefficient (Wildman–Crippen LogP) is 3.44. The van der Waals surface area contributed by atoms with Crippen molar-refractivity contribution in [3.05, 3.63) is 64.7 Å². The number of benzene rings is 2. The number of rotatable bonds is 7. The van der Waals surface area contributed by atoms with Gasteiger partial charge in [0.1, 0.15) is 5.75 Å². The van der Waals surface area contributed by atoms with E-state index in [1.807, 2.05) is 19.1 Å². The van der Waals surface area contributed by atoms with Crippen LogP contribution in [0.15, 0.2) is 42.5 Å². The predicted molar refractivity (Wildman–Crippen MR) is 102 cm³/mol. The van der Waals surface area contributed by atoms with Gasteiger partial charge in [0.15, 0.2) is 0 Å². The molecule has 138 valence electrons. The van der Waals surface area contributed by atoms with Crippen LogP contribution in [0.4, 0.5) is 0 Å². The molecule has 0 bridgehead atoms. The summed E-state index contributed by atoms with van der Waals surface area (Å²) < 4.78 is 10.8. The number of hydrogen-bond acceptors (Lipinski definition) is 4. The van der Waals surface area contributed by atoms with E-state index in [1.54, 1.807) is 7.11 Å². The van der Waals surface area contributed by atoms with E-state index >= 15 is 0 Å². The first-order valence-electron chi connectivity index (χ1n) is 9.15. The number of hydrogen-bond donors (Lipinski definition) is 1. The molecule has 4 nitrogen and oxygen atoms in total. The number of esters is 1. The molecule has 0 amide bonds. The van der Waals surface area contributed by atoms with Crippen LogP contribution in [-0.4, -0.2) is 26.2 Å². The van der Waals surface area contributed by atoms with Crippen molar-refractivity contribution in [2.24, 2.45) is 5.41 Å². The zero-order chi connectivity index (χ0) is 18.6. The second-order valence-corrected chi connectivity index (χ2v) is 7.08. The highest BCUT2D eigenvalue weighted by molar-refractivity contribution is 5.79. The van der Waals surface area contributed by atoms with Crippen LogP contribution in [-0.2, 0) is 28.9 Å². The molecular weight excluding hydrogens is 326 g/mol. The number of methoxy groups -OCH3 is 1. The Kier molecular flexibility index (Phi) is 5.62. The summed E-state index contributed by atoms with van der Waals surface area (Å²) in [6, 6.07) is 14.5. The van der Waals surface area contributed by atoms with Crippen molar-refractivity contribution >= 4 is 5.97 Å². The molecule has 0 saturated carbocycles. The average molecular weight is 353 g/mol. The van der Waals surface area contributed by atoms with Gasteiger partial charge in [-0.2, -0.15) is 0 Å². The lowest BCUT2D eigenvalue weighted by atomic mass is 9.84. The largest absolute Gasteiger partial charge is 0.497 e. The molecule has 2 aromatic carbocycles. The number of aryl methyl sites for hydroxylation is 1. The molecule has 1 unspecified atom stereocenters. The maximum absolute atomic E-state index is 12.8. The fourth-order valence-electron chi connectivity index (χ4n) is 3.64. The fourth-order valence-corrected chi connectivity index (χ4v) is 3.64. The van der Waals surface area contributed by atoms with Gasteiger partial charge in [-0.05, 0) is 55.5 Å². The summed E-state index contributed by atoms with van der Waals surface area (Å²) in [7, 11) is 1.67. The lowest BCUT2D eigenvalue weighted by Gasteiger charge is -2.27. The van der Waals surface area contributed by atoms with Gasteiger partial charge in [0.05, 0.1) is 19.1 Å². The molecule has 1 N–H and O–H groups in total. The van der Waals surface area contributed by atoms with E-state index in [4.69, 9.17) is 9.47 Å². The SMILES string of the molecule is CCOC(=O)C1(CNCc2ccc(C)cc2)Cc2ccc(OC)cc2C1.